The Balaban J connectivity index is 1.32. The first kappa shape index (κ1) is 25.0. The molecule has 2 aromatic heterocycles. The maximum atomic E-state index is 12.7. The van der Waals surface area contributed by atoms with Gasteiger partial charge in [0.2, 0.25) is 5.91 Å². The lowest BCUT2D eigenvalue weighted by atomic mass is 10.1. The van der Waals surface area contributed by atoms with Crippen LogP contribution in [0, 0.1) is 0 Å². The van der Waals surface area contributed by atoms with Gasteiger partial charge in [0.05, 0.1) is 17.8 Å². The predicted molar refractivity (Wildman–Crippen MR) is 154 cm³/mol. The third kappa shape index (κ3) is 5.66. The standard InChI is InChI=1S/C31H24ClN3O3/c1-2-38-31(37)30-26(25-8-3-4-9-27(25)35-30)16-17-29(36)34-24-7-5-6-20(18-24)10-14-23-15-12-21-11-13-22(32)19-28(21)33-23/h3-19,35H,2H2,1H3,(H,34,36)/b14-10+,17-16+. The largest absolute Gasteiger partial charge is 0.461 e. The van der Waals surface area contributed by atoms with Crippen molar-refractivity contribution in [2.75, 3.05) is 11.9 Å². The molecule has 0 fully saturated rings. The number of nitrogens with one attached hydrogen (secondary N) is 2. The highest BCUT2D eigenvalue weighted by Crippen LogP contribution is 2.25. The molecular formula is C31H24ClN3O3. The fourth-order valence-corrected chi connectivity index (χ4v) is 4.31. The summed E-state index contributed by atoms with van der Waals surface area (Å²) in [5.74, 6) is -0.786. The topological polar surface area (TPSA) is 84.1 Å². The molecule has 188 valence electrons. The highest BCUT2D eigenvalue weighted by molar-refractivity contribution is 6.31. The van der Waals surface area contributed by atoms with Crippen LogP contribution in [0.2, 0.25) is 5.02 Å². The number of halogens is 1. The highest BCUT2D eigenvalue weighted by atomic mass is 35.5. The smallest absolute Gasteiger partial charge is 0.355 e. The van der Waals surface area contributed by atoms with E-state index in [1.54, 1.807) is 13.0 Å². The molecule has 38 heavy (non-hydrogen) atoms. The summed E-state index contributed by atoms with van der Waals surface area (Å²) in [4.78, 5) is 32.9. The van der Waals surface area contributed by atoms with Crippen molar-refractivity contribution in [2.24, 2.45) is 0 Å². The van der Waals surface area contributed by atoms with Crippen LogP contribution in [0.25, 0.3) is 40.0 Å². The van der Waals surface area contributed by atoms with Gasteiger partial charge in [-0.05, 0) is 61.0 Å². The van der Waals surface area contributed by atoms with Crippen LogP contribution >= 0.6 is 11.6 Å². The molecule has 0 aliphatic heterocycles. The number of benzene rings is 3. The van der Waals surface area contributed by atoms with Crippen molar-refractivity contribution in [3.63, 3.8) is 0 Å². The van der Waals surface area contributed by atoms with Gasteiger partial charge in [0.1, 0.15) is 5.69 Å². The van der Waals surface area contributed by atoms with E-state index in [1.165, 1.54) is 6.08 Å². The number of carbonyl (C=O) groups is 2. The molecule has 0 aliphatic rings. The van der Waals surface area contributed by atoms with Gasteiger partial charge in [-0.15, -0.1) is 0 Å². The number of pyridine rings is 1. The number of esters is 1. The first-order valence-corrected chi connectivity index (χ1v) is 12.5. The van der Waals surface area contributed by atoms with Crippen LogP contribution in [0.15, 0.2) is 84.9 Å². The molecule has 0 spiro atoms. The molecule has 5 aromatic rings. The van der Waals surface area contributed by atoms with Crippen LogP contribution in [-0.4, -0.2) is 28.5 Å². The lowest BCUT2D eigenvalue weighted by molar-refractivity contribution is -0.111. The molecule has 0 radical (unpaired) electrons. The second-order valence-electron chi connectivity index (χ2n) is 8.53. The zero-order chi connectivity index (χ0) is 26.5. The number of hydrogen-bond acceptors (Lipinski definition) is 4. The quantitative estimate of drug-likeness (QED) is 0.173. The Bertz CT molecular complexity index is 1720. The number of carbonyl (C=O) groups excluding carboxylic acids is 2. The third-order valence-electron chi connectivity index (χ3n) is 5.90. The summed E-state index contributed by atoms with van der Waals surface area (Å²) < 4.78 is 5.17. The van der Waals surface area contributed by atoms with Gasteiger partial charge in [-0.1, -0.05) is 60.1 Å². The van der Waals surface area contributed by atoms with Crippen molar-refractivity contribution in [3.8, 4) is 0 Å². The van der Waals surface area contributed by atoms with Gasteiger partial charge in [-0.2, -0.15) is 0 Å². The van der Waals surface area contributed by atoms with Crippen molar-refractivity contribution >= 4 is 69.2 Å². The van der Waals surface area contributed by atoms with Crippen molar-refractivity contribution in [1.29, 1.82) is 0 Å². The number of rotatable bonds is 7. The van der Waals surface area contributed by atoms with E-state index in [2.05, 4.69) is 15.3 Å². The summed E-state index contributed by atoms with van der Waals surface area (Å²) in [6.45, 7) is 2.01. The molecule has 0 saturated heterocycles. The van der Waals surface area contributed by atoms with E-state index in [9.17, 15) is 9.59 Å². The van der Waals surface area contributed by atoms with Gasteiger partial charge in [0.25, 0.3) is 0 Å². The van der Waals surface area contributed by atoms with Crippen LogP contribution in [0.4, 0.5) is 5.69 Å². The van der Waals surface area contributed by atoms with Crippen molar-refractivity contribution in [2.45, 2.75) is 6.92 Å². The molecule has 2 N–H and O–H groups in total. The summed E-state index contributed by atoms with van der Waals surface area (Å²) in [5.41, 5.74) is 4.88. The maximum absolute atomic E-state index is 12.7. The summed E-state index contributed by atoms with van der Waals surface area (Å²) in [7, 11) is 0. The zero-order valence-corrected chi connectivity index (χ0v) is 21.3. The minimum atomic E-state index is -0.466. The Kier molecular flexibility index (Phi) is 7.33. The van der Waals surface area contributed by atoms with Crippen LogP contribution in [0.3, 0.4) is 0 Å². The van der Waals surface area contributed by atoms with Crippen molar-refractivity contribution < 1.29 is 14.3 Å². The van der Waals surface area contributed by atoms with E-state index in [-0.39, 0.29) is 12.5 Å². The molecule has 3 aromatic carbocycles. The van der Waals surface area contributed by atoms with E-state index in [1.807, 2.05) is 91.0 Å². The van der Waals surface area contributed by atoms with Gasteiger partial charge in [-0.3, -0.25) is 4.79 Å². The van der Waals surface area contributed by atoms with Crippen molar-refractivity contribution in [1.82, 2.24) is 9.97 Å². The first-order chi connectivity index (χ1) is 18.5. The predicted octanol–water partition coefficient (Wildman–Crippen LogP) is 7.37. The average Bonchev–Trinajstić information content (AvgIpc) is 3.29. The lowest BCUT2D eigenvalue weighted by Gasteiger charge is -2.04. The Morgan fingerprint density at radius 2 is 1.82 bits per heavy atom. The molecule has 2 heterocycles. The Morgan fingerprint density at radius 1 is 0.974 bits per heavy atom. The van der Waals surface area contributed by atoms with Gasteiger partial charge in [-0.25, -0.2) is 9.78 Å². The molecule has 7 heteroatoms. The minimum Gasteiger partial charge on any atom is -0.461 e. The van der Waals surface area contributed by atoms with Gasteiger partial charge in [0.15, 0.2) is 0 Å². The molecule has 1 amide bonds. The highest BCUT2D eigenvalue weighted by Gasteiger charge is 2.17. The molecule has 5 rings (SSSR count). The normalized spacial score (nSPS) is 11.5. The second-order valence-corrected chi connectivity index (χ2v) is 8.97. The number of aromatic amines is 1. The average molecular weight is 522 g/mol. The maximum Gasteiger partial charge on any atom is 0.355 e. The molecule has 0 saturated carbocycles. The van der Waals surface area contributed by atoms with Crippen molar-refractivity contribution in [3.05, 3.63) is 112 Å². The number of fused-ring (bicyclic) bond motifs is 2. The van der Waals surface area contributed by atoms with E-state index < -0.39 is 5.97 Å². The Hall–Kier alpha value is -4.68. The second kappa shape index (κ2) is 11.2. The first-order valence-electron chi connectivity index (χ1n) is 12.1. The van der Waals surface area contributed by atoms with E-state index >= 15 is 0 Å². The zero-order valence-electron chi connectivity index (χ0n) is 20.6. The van der Waals surface area contributed by atoms with Gasteiger partial charge < -0.3 is 15.0 Å². The fourth-order valence-electron chi connectivity index (χ4n) is 4.14. The molecular weight excluding hydrogens is 498 g/mol. The number of anilines is 1. The SMILES string of the molecule is CCOC(=O)c1[nH]c2ccccc2c1/C=C/C(=O)Nc1cccc(/C=C/c2ccc3ccc(Cl)cc3n2)c1. The van der Waals surface area contributed by atoms with Gasteiger partial charge in [0, 0.05) is 38.6 Å². The van der Waals surface area contributed by atoms with Crippen LogP contribution in [0.5, 0.6) is 0 Å². The third-order valence-corrected chi connectivity index (χ3v) is 6.14. The lowest BCUT2D eigenvalue weighted by Crippen LogP contribution is -2.09. The van der Waals surface area contributed by atoms with E-state index in [0.29, 0.717) is 22.0 Å². The monoisotopic (exact) mass is 521 g/mol. The summed E-state index contributed by atoms with van der Waals surface area (Å²) in [6.07, 6.45) is 6.88. The molecule has 6 nitrogen and oxygen atoms in total. The number of hydrogen-bond donors (Lipinski definition) is 2. The molecule has 0 atom stereocenters. The van der Waals surface area contributed by atoms with Crippen LogP contribution in [0.1, 0.15) is 34.2 Å². The van der Waals surface area contributed by atoms with Crippen LogP contribution in [-0.2, 0) is 9.53 Å². The summed E-state index contributed by atoms with van der Waals surface area (Å²) >= 11 is 6.09. The number of ether oxygens (including phenoxy) is 1. The summed E-state index contributed by atoms with van der Waals surface area (Å²) in [5, 5.41) is 5.37. The number of nitrogens with zero attached hydrogens (tertiary/aromatic N) is 1. The fraction of sp³-hybridized carbons (Fsp3) is 0.0645. The number of H-pyrrole nitrogens is 1. The summed E-state index contributed by atoms with van der Waals surface area (Å²) in [6, 6.07) is 24.6. The van der Waals surface area contributed by atoms with Gasteiger partial charge >= 0.3 is 5.97 Å². The number of aromatic nitrogens is 2. The Morgan fingerprint density at radius 3 is 2.68 bits per heavy atom. The number of para-hydroxylation sites is 1. The molecule has 0 aliphatic carbocycles. The van der Waals surface area contributed by atoms with E-state index in [0.717, 1.165) is 33.1 Å². The van der Waals surface area contributed by atoms with Crippen LogP contribution < -0.4 is 5.32 Å². The van der Waals surface area contributed by atoms with E-state index in [4.69, 9.17) is 16.3 Å². The Labute approximate surface area is 224 Å². The molecule has 0 unspecified atom stereocenters. The number of amides is 1. The molecule has 0 bridgehead atoms. The minimum absolute atomic E-state index is 0.258.